The summed E-state index contributed by atoms with van der Waals surface area (Å²) >= 11 is 5.56. The highest BCUT2D eigenvalue weighted by Crippen LogP contribution is 2.20. The van der Waals surface area contributed by atoms with Crippen LogP contribution in [0.1, 0.15) is 17.3 Å². The molecule has 0 aliphatic carbocycles. The smallest absolute Gasteiger partial charge is 0.259 e. The van der Waals surface area contributed by atoms with Crippen LogP contribution >= 0.6 is 11.6 Å². The summed E-state index contributed by atoms with van der Waals surface area (Å²) in [5.74, 6) is -1.63. The standard InChI is InChI=1S/C14H12ClF2N3O/c1-2-18-13-10(5-8(16)7-19-13)14(21)20-9-3-4-11(15)12(17)6-9/h3-7H,2H2,1H3,(H,18,19)(H,20,21). The van der Waals surface area contributed by atoms with Crippen molar-refractivity contribution < 1.29 is 13.6 Å². The molecule has 2 N–H and O–H groups in total. The molecule has 21 heavy (non-hydrogen) atoms. The van der Waals surface area contributed by atoms with Crippen molar-refractivity contribution in [1.82, 2.24) is 4.98 Å². The second-order valence-corrected chi connectivity index (χ2v) is 4.57. The van der Waals surface area contributed by atoms with Gasteiger partial charge in [0.2, 0.25) is 0 Å². The highest BCUT2D eigenvalue weighted by molar-refractivity contribution is 6.30. The van der Waals surface area contributed by atoms with E-state index in [1.54, 1.807) is 0 Å². The normalized spacial score (nSPS) is 10.3. The topological polar surface area (TPSA) is 54.0 Å². The Labute approximate surface area is 125 Å². The number of nitrogens with one attached hydrogen (secondary N) is 2. The summed E-state index contributed by atoms with van der Waals surface area (Å²) in [7, 11) is 0. The lowest BCUT2D eigenvalue weighted by molar-refractivity contribution is 0.102. The summed E-state index contributed by atoms with van der Waals surface area (Å²) in [6.07, 6.45) is 1.01. The van der Waals surface area contributed by atoms with E-state index in [9.17, 15) is 13.6 Å². The van der Waals surface area contributed by atoms with Gasteiger partial charge in [0.05, 0.1) is 16.8 Å². The number of nitrogens with zero attached hydrogens (tertiary/aromatic N) is 1. The number of rotatable bonds is 4. The monoisotopic (exact) mass is 311 g/mol. The number of anilines is 2. The Kier molecular flexibility index (Phi) is 4.70. The van der Waals surface area contributed by atoms with Gasteiger partial charge in [0.15, 0.2) is 0 Å². The van der Waals surface area contributed by atoms with Crippen LogP contribution in [-0.4, -0.2) is 17.4 Å². The summed E-state index contributed by atoms with van der Waals surface area (Å²) in [6, 6.07) is 4.91. The van der Waals surface area contributed by atoms with Gasteiger partial charge in [0.25, 0.3) is 5.91 Å². The zero-order chi connectivity index (χ0) is 15.4. The molecule has 1 heterocycles. The molecule has 2 rings (SSSR count). The van der Waals surface area contributed by atoms with Gasteiger partial charge in [-0.05, 0) is 31.2 Å². The van der Waals surface area contributed by atoms with Crippen molar-refractivity contribution in [2.75, 3.05) is 17.2 Å². The van der Waals surface area contributed by atoms with E-state index in [1.807, 2.05) is 6.92 Å². The first kappa shape index (κ1) is 15.2. The molecule has 0 radical (unpaired) electrons. The van der Waals surface area contributed by atoms with Crippen LogP contribution < -0.4 is 10.6 Å². The number of hydrogen-bond acceptors (Lipinski definition) is 3. The van der Waals surface area contributed by atoms with Crippen LogP contribution in [0.4, 0.5) is 20.3 Å². The molecule has 0 aliphatic heterocycles. The number of carbonyl (C=O) groups excluding carboxylic acids is 1. The number of halogens is 3. The lowest BCUT2D eigenvalue weighted by Gasteiger charge is -2.10. The number of aromatic nitrogens is 1. The number of benzene rings is 1. The first-order chi connectivity index (χ1) is 10.0. The van der Waals surface area contributed by atoms with Crippen molar-refractivity contribution in [3.63, 3.8) is 0 Å². The summed E-state index contributed by atoms with van der Waals surface area (Å²) in [5, 5.41) is 5.28. The van der Waals surface area contributed by atoms with Crippen LogP contribution in [0.25, 0.3) is 0 Å². The van der Waals surface area contributed by atoms with Gasteiger partial charge in [-0.2, -0.15) is 0 Å². The third-order valence-electron chi connectivity index (χ3n) is 2.62. The van der Waals surface area contributed by atoms with Gasteiger partial charge in [0.1, 0.15) is 17.5 Å². The van der Waals surface area contributed by atoms with E-state index >= 15 is 0 Å². The molecule has 0 atom stereocenters. The van der Waals surface area contributed by atoms with Crippen molar-refractivity contribution in [2.24, 2.45) is 0 Å². The predicted octanol–water partition coefficient (Wildman–Crippen LogP) is 3.70. The summed E-state index contributed by atoms with van der Waals surface area (Å²) in [4.78, 5) is 16.0. The molecule has 0 bridgehead atoms. The quantitative estimate of drug-likeness (QED) is 0.905. The molecule has 7 heteroatoms. The fourth-order valence-electron chi connectivity index (χ4n) is 1.69. The molecule has 1 aromatic carbocycles. The minimum atomic E-state index is -0.654. The summed E-state index contributed by atoms with van der Waals surface area (Å²) < 4.78 is 26.6. The molecular formula is C14H12ClF2N3O. The van der Waals surface area contributed by atoms with E-state index in [0.29, 0.717) is 6.54 Å². The Morgan fingerprint density at radius 2 is 2.10 bits per heavy atom. The first-order valence-electron chi connectivity index (χ1n) is 6.17. The third kappa shape index (κ3) is 3.66. The maximum absolute atomic E-state index is 13.3. The Morgan fingerprint density at radius 3 is 2.76 bits per heavy atom. The highest BCUT2D eigenvalue weighted by Gasteiger charge is 2.14. The Bertz CT molecular complexity index is 679. The van der Waals surface area contributed by atoms with Gasteiger partial charge in [-0.1, -0.05) is 11.6 Å². The van der Waals surface area contributed by atoms with Crippen LogP contribution in [0.2, 0.25) is 5.02 Å². The molecule has 1 amide bonds. The van der Waals surface area contributed by atoms with E-state index in [0.717, 1.165) is 18.3 Å². The van der Waals surface area contributed by atoms with Gasteiger partial charge in [0, 0.05) is 12.2 Å². The van der Waals surface area contributed by atoms with Crippen molar-refractivity contribution in [1.29, 1.82) is 0 Å². The van der Waals surface area contributed by atoms with Crippen molar-refractivity contribution in [2.45, 2.75) is 6.92 Å². The average molecular weight is 312 g/mol. The molecule has 0 fully saturated rings. The SMILES string of the molecule is CCNc1ncc(F)cc1C(=O)Nc1ccc(Cl)c(F)c1. The van der Waals surface area contributed by atoms with Gasteiger partial charge in [-0.3, -0.25) is 4.79 Å². The van der Waals surface area contributed by atoms with Crippen LogP contribution in [0.5, 0.6) is 0 Å². The lowest BCUT2D eigenvalue weighted by atomic mass is 10.2. The number of amides is 1. The van der Waals surface area contributed by atoms with Gasteiger partial charge >= 0.3 is 0 Å². The second kappa shape index (κ2) is 6.49. The minimum Gasteiger partial charge on any atom is -0.370 e. The van der Waals surface area contributed by atoms with Gasteiger partial charge < -0.3 is 10.6 Å². The van der Waals surface area contributed by atoms with Crippen LogP contribution in [0.15, 0.2) is 30.5 Å². The van der Waals surface area contributed by atoms with Gasteiger partial charge in [-0.25, -0.2) is 13.8 Å². The fraction of sp³-hybridized carbons (Fsp3) is 0.143. The number of hydrogen-bond donors (Lipinski definition) is 2. The summed E-state index contributed by atoms with van der Waals surface area (Å²) in [5.41, 5.74) is 0.251. The second-order valence-electron chi connectivity index (χ2n) is 4.16. The number of carbonyl (C=O) groups is 1. The molecule has 0 aliphatic rings. The van der Waals surface area contributed by atoms with Crippen molar-refractivity contribution >= 4 is 29.0 Å². The predicted molar refractivity (Wildman–Crippen MR) is 77.7 cm³/mol. The van der Waals surface area contributed by atoms with Crippen LogP contribution in [0.3, 0.4) is 0 Å². The van der Waals surface area contributed by atoms with Gasteiger partial charge in [-0.15, -0.1) is 0 Å². The van der Waals surface area contributed by atoms with Crippen LogP contribution in [0, 0.1) is 11.6 Å². The van der Waals surface area contributed by atoms with E-state index in [-0.39, 0.29) is 22.1 Å². The maximum atomic E-state index is 13.3. The molecule has 1 aromatic heterocycles. The summed E-state index contributed by atoms with van der Waals surface area (Å²) in [6.45, 7) is 2.34. The van der Waals surface area contributed by atoms with Crippen LogP contribution in [-0.2, 0) is 0 Å². The largest absolute Gasteiger partial charge is 0.370 e. The molecule has 0 unspecified atom stereocenters. The molecule has 0 spiro atoms. The fourth-order valence-corrected chi connectivity index (χ4v) is 1.81. The number of pyridine rings is 1. The third-order valence-corrected chi connectivity index (χ3v) is 2.93. The lowest BCUT2D eigenvalue weighted by Crippen LogP contribution is -2.16. The minimum absolute atomic E-state index is 0.0345. The van der Waals surface area contributed by atoms with Crippen molar-refractivity contribution in [3.8, 4) is 0 Å². The van der Waals surface area contributed by atoms with E-state index in [1.165, 1.54) is 12.1 Å². The molecule has 2 aromatic rings. The zero-order valence-corrected chi connectivity index (χ0v) is 11.8. The molecular weight excluding hydrogens is 300 g/mol. The van der Waals surface area contributed by atoms with Crippen molar-refractivity contribution in [3.05, 3.63) is 52.7 Å². The van der Waals surface area contributed by atoms with E-state index in [2.05, 4.69) is 15.6 Å². The zero-order valence-electron chi connectivity index (χ0n) is 11.1. The first-order valence-corrected chi connectivity index (χ1v) is 6.55. The average Bonchev–Trinajstić information content (AvgIpc) is 2.45. The molecule has 4 nitrogen and oxygen atoms in total. The molecule has 0 saturated heterocycles. The highest BCUT2D eigenvalue weighted by atomic mass is 35.5. The Hall–Kier alpha value is -2.21. The van der Waals surface area contributed by atoms with E-state index in [4.69, 9.17) is 11.6 Å². The molecule has 0 saturated carbocycles. The van der Waals surface area contributed by atoms with E-state index < -0.39 is 17.5 Å². The Morgan fingerprint density at radius 1 is 1.33 bits per heavy atom. The Balaban J connectivity index is 2.27. The maximum Gasteiger partial charge on any atom is 0.259 e. The molecule has 110 valence electrons.